The van der Waals surface area contributed by atoms with E-state index in [0.717, 1.165) is 0 Å². The van der Waals surface area contributed by atoms with Gasteiger partial charge in [-0.3, -0.25) is 0 Å². The highest BCUT2D eigenvalue weighted by molar-refractivity contribution is 7.79. The molecule has 40 heavy (non-hydrogen) atoms. The van der Waals surface area contributed by atoms with Gasteiger partial charge in [-0.15, -0.1) is 0 Å². The largest absolute Gasteiger partial charge is 0.367 e. The van der Waals surface area contributed by atoms with Crippen molar-refractivity contribution in [2.45, 2.75) is 119 Å². The lowest BCUT2D eigenvalue weighted by molar-refractivity contribution is 0.608. The Hall–Kier alpha value is -2.51. The highest BCUT2D eigenvalue weighted by Crippen LogP contribution is 2.37. The van der Waals surface area contributed by atoms with Crippen molar-refractivity contribution in [3.8, 4) is 0 Å². The highest BCUT2D eigenvalue weighted by Gasteiger charge is 2.23. The molecule has 4 heteroatoms. The fraction of sp³-hybridized carbons (Fsp3) is 0.500. The Balaban J connectivity index is 2.26. The average Bonchev–Trinajstić information content (AvgIpc) is 2.84. The molecule has 3 nitrogen and oxygen atoms in total. The number of hydrogen-bond donors (Lipinski definition) is 0. The monoisotopic (exact) mass is 559 g/mol. The van der Waals surface area contributed by atoms with Crippen molar-refractivity contribution in [2.24, 2.45) is 0 Å². The summed E-state index contributed by atoms with van der Waals surface area (Å²) < 4.78 is 0. The molecule has 0 aliphatic rings. The van der Waals surface area contributed by atoms with Gasteiger partial charge in [-0.2, -0.15) is 0 Å². The fourth-order valence-electron chi connectivity index (χ4n) is 6.40. The molecule has 3 aromatic carbocycles. The van der Waals surface area contributed by atoms with Crippen LogP contribution in [0.4, 0.5) is 17.1 Å². The molecule has 0 bridgehead atoms. The Labute approximate surface area is 247 Å². The Morgan fingerprint density at radius 3 is 0.800 bits per heavy atom. The smallest absolute Gasteiger partial charge is 0.0377 e. The summed E-state index contributed by atoms with van der Waals surface area (Å²) in [5.41, 5.74) is 3.91. The summed E-state index contributed by atoms with van der Waals surface area (Å²) in [6.07, 6.45) is 0. The molecule has 0 saturated heterocycles. The summed E-state index contributed by atoms with van der Waals surface area (Å²) >= 11 is 0. The van der Waals surface area contributed by atoms with E-state index in [9.17, 15) is 0 Å². The normalized spacial score (nSPS) is 12.1. The molecule has 0 aliphatic heterocycles. The Bertz CT molecular complexity index is 1040. The maximum atomic E-state index is 2.53. The van der Waals surface area contributed by atoms with Crippen molar-refractivity contribution in [3.63, 3.8) is 0 Å². The first-order chi connectivity index (χ1) is 18.8. The second-order valence-electron chi connectivity index (χ2n) is 12.7. The summed E-state index contributed by atoms with van der Waals surface area (Å²) in [7, 11) is -0.765. The number of benzene rings is 3. The van der Waals surface area contributed by atoms with Crippen molar-refractivity contribution in [1.29, 1.82) is 0 Å². The van der Waals surface area contributed by atoms with E-state index in [1.807, 2.05) is 0 Å². The number of anilines is 3. The Morgan fingerprint density at radius 2 is 0.600 bits per heavy atom. The van der Waals surface area contributed by atoms with Crippen LogP contribution in [0.15, 0.2) is 72.8 Å². The summed E-state index contributed by atoms with van der Waals surface area (Å²) in [5, 5.41) is 4.19. The summed E-state index contributed by atoms with van der Waals surface area (Å²) in [4.78, 5) is 7.59. The van der Waals surface area contributed by atoms with Gasteiger partial charge in [0.05, 0.1) is 0 Å². The molecule has 0 fully saturated rings. The van der Waals surface area contributed by atoms with Gasteiger partial charge in [0, 0.05) is 53.3 Å². The second kappa shape index (κ2) is 13.9. The number of hydrogen-bond acceptors (Lipinski definition) is 3. The number of rotatable bonds is 12. The predicted molar refractivity (Wildman–Crippen MR) is 183 cm³/mol. The first kappa shape index (κ1) is 32.0. The second-order valence-corrected chi connectivity index (χ2v) is 14.9. The molecule has 0 aliphatic carbocycles. The van der Waals surface area contributed by atoms with Crippen LogP contribution in [0.3, 0.4) is 0 Å². The van der Waals surface area contributed by atoms with Crippen molar-refractivity contribution in [3.05, 3.63) is 72.8 Å². The zero-order valence-electron chi connectivity index (χ0n) is 27.2. The lowest BCUT2D eigenvalue weighted by Gasteiger charge is -2.35. The summed E-state index contributed by atoms with van der Waals surface area (Å²) in [5.74, 6) is 0. The van der Waals surface area contributed by atoms with Gasteiger partial charge in [0.25, 0.3) is 0 Å². The molecular formula is C36H54N3P. The molecule has 3 aromatic rings. The van der Waals surface area contributed by atoms with Gasteiger partial charge in [0.15, 0.2) is 0 Å². The van der Waals surface area contributed by atoms with Gasteiger partial charge >= 0.3 is 0 Å². The van der Waals surface area contributed by atoms with E-state index in [0.29, 0.717) is 36.3 Å². The molecule has 3 rings (SSSR count). The van der Waals surface area contributed by atoms with Crippen LogP contribution in [0.1, 0.15) is 83.1 Å². The Morgan fingerprint density at radius 1 is 0.375 bits per heavy atom. The van der Waals surface area contributed by atoms with Crippen molar-refractivity contribution < 1.29 is 0 Å². The highest BCUT2D eigenvalue weighted by atomic mass is 31.1. The molecule has 0 amide bonds. The van der Waals surface area contributed by atoms with Gasteiger partial charge in [0.1, 0.15) is 0 Å². The quantitative estimate of drug-likeness (QED) is 0.207. The number of nitrogens with zero attached hydrogens (tertiary/aromatic N) is 3. The van der Waals surface area contributed by atoms with E-state index in [-0.39, 0.29) is 0 Å². The van der Waals surface area contributed by atoms with E-state index in [1.165, 1.54) is 33.0 Å². The minimum Gasteiger partial charge on any atom is -0.367 e. The maximum absolute atomic E-state index is 2.53. The molecule has 0 unspecified atom stereocenters. The lowest BCUT2D eigenvalue weighted by atomic mass is 10.2. The van der Waals surface area contributed by atoms with Crippen molar-refractivity contribution >= 4 is 40.9 Å². The zero-order chi connectivity index (χ0) is 29.7. The fourth-order valence-corrected chi connectivity index (χ4v) is 8.79. The lowest BCUT2D eigenvalue weighted by Crippen LogP contribution is -2.38. The molecule has 0 atom stereocenters. The molecule has 0 saturated carbocycles. The van der Waals surface area contributed by atoms with Crippen LogP contribution in [0.5, 0.6) is 0 Å². The third kappa shape index (κ3) is 7.41. The standard InChI is InChI=1S/C36H54N3P/c1-25(2)37(26(3)4)31-16-13-19-34(22-31)40(35-20-14-17-32(23-35)38(27(5)6)28(7)8)36-21-15-18-33(24-36)39(29(9)10)30(11)12/h13-30H,1-12H3. The van der Waals surface area contributed by atoms with Crippen molar-refractivity contribution in [1.82, 2.24) is 0 Å². The third-order valence-electron chi connectivity index (χ3n) is 7.50. The molecule has 0 radical (unpaired) electrons. The van der Waals surface area contributed by atoms with Gasteiger partial charge < -0.3 is 14.7 Å². The van der Waals surface area contributed by atoms with Gasteiger partial charge in [-0.1, -0.05) is 36.4 Å². The van der Waals surface area contributed by atoms with Crippen LogP contribution in [-0.4, -0.2) is 36.3 Å². The van der Waals surface area contributed by atoms with Crippen molar-refractivity contribution in [2.75, 3.05) is 14.7 Å². The van der Waals surface area contributed by atoms with E-state index >= 15 is 0 Å². The van der Waals surface area contributed by atoms with Crippen LogP contribution in [0.2, 0.25) is 0 Å². The minimum atomic E-state index is -0.765. The van der Waals surface area contributed by atoms with Crippen LogP contribution < -0.4 is 30.6 Å². The first-order valence-corrected chi connectivity index (χ1v) is 16.6. The Kier molecular flexibility index (Phi) is 11.1. The van der Waals surface area contributed by atoms with E-state index in [2.05, 4.69) is 171 Å². The minimum absolute atomic E-state index is 0.435. The maximum Gasteiger partial charge on any atom is 0.0377 e. The molecule has 218 valence electrons. The molecule has 0 N–H and O–H groups in total. The predicted octanol–water partition coefficient (Wildman–Crippen LogP) is 8.31. The third-order valence-corrected chi connectivity index (χ3v) is 9.88. The van der Waals surface area contributed by atoms with Crippen LogP contribution in [0, 0.1) is 0 Å². The molecular weight excluding hydrogens is 505 g/mol. The first-order valence-electron chi connectivity index (χ1n) is 15.3. The average molecular weight is 560 g/mol. The summed E-state index contributed by atoms with van der Waals surface area (Å²) in [6, 6.07) is 30.6. The van der Waals surface area contributed by atoms with E-state index in [4.69, 9.17) is 0 Å². The van der Waals surface area contributed by atoms with Gasteiger partial charge in [0.2, 0.25) is 0 Å². The van der Waals surface area contributed by atoms with E-state index < -0.39 is 7.92 Å². The molecule has 0 spiro atoms. The molecule has 0 aromatic heterocycles. The van der Waals surface area contributed by atoms with E-state index in [1.54, 1.807) is 0 Å². The summed E-state index contributed by atoms with van der Waals surface area (Å²) in [6.45, 7) is 27.5. The van der Waals surface area contributed by atoms with Gasteiger partial charge in [-0.05, 0) is 143 Å². The van der Waals surface area contributed by atoms with Gasteiger partial charge in [-0.25, -0.2) is 0 Å². The van der Waals surface area contributed by atoms with Crippen LogP contribution in [0.25, 0.3) is 0 Å². The topological polar surface area (TPSA) is 9.72 Å². The van der Waals surface area contributed by atoms with Crippen LogP contribution >= 0.6 is 7.92 Å². The molecule has 0 heterocycles. The van der Waals surface area contributed by atoms with Crippen LogP contribution in [-0.2, 0) is 0 Å². The SMILES string of the molecule is CC(C)N(c1cccc(P(c2cccc(N(C(C)C)C(C)C)c2)c2cccc(N(C(C)C)C(C)C)c2)c1)C(C)C. The zero-order valence-corrected chi connectivity index (χ0v) is 28.1.